The third-order valence-electron chi connectivity index (χ3n) is 5.78. The minimum Gasteiger partial charge on any atom is -0.463 e. The molecule has 4 aromatic rings. The van der Waals surface area contributed by atoms with Crippen molar-refractivity contribution in [2.45, 2.75) is 32.9 Å². The van der Waals surface area contributed by atoms with Crippen molar-refractivity contribution < 1.29 is 9.90 Å². The van der Waals surface area contributed by atoms with Crippen LogP contribution < -0.4 is 11.4 Å². The summed E-state index contributed by atoms with van der Waals surface area (Å²) in [4.78, 5) is 15.8. The van der Waals surface area contributed by atoms with Gasteiger partial charge < -0.3 is 20.0 Å². The van der Waals surface area contributed by atoms with Crippen molar-refractivity contribution in [2.75, 3.05) is 6.54 Å². The number of aryl methyl sites for hydroxylation is 2. The molecular weight excluding hydrogens is 400 g/mol. The van der Waals surface area contributed by atoms with Gasteiger partial charge in [-0.05, 0) is 43.5 Å². The third-order valence-corrected chi connectivity index (χ3v) is 5.78. The largest absolute Gasteiger partial charge is 0.463 e. The van der Waals surface area contributed by atoms with E-state index in [1.165, 1.54) is 11.1 Å². The van der Waals surface area contributed by atoms with Crippen molar-refractivity contribution in [3.8, 4) is 0 Å². The van der Waals surface area contributed by atoms with Crippen LogP contribution in [-0.2, 0) is 13.0 Å². The Morgan fingerprint density at radius 1 is 0.906 bits per heavy atom. The first-order valence-electron chi connectivity index (χ1n) is 10.7. The summed E-state index contributed by atoms with van der Waals surface area (Å²) in [7, 11) is 0. The Morgan fingerprint density at radius 2 is 1.47 bits per heavy atom. The highest BCUT2D eigenvalue weighted by atomic mass is 16.4. The van der Waals surface area contributed by atoms with E-state index in [1.807, 2.05) is 40.3 Å². The number of amides is 1. The molecule has 0 saturated carbocycles. The molecule has 164 valence electrons. The molecule has 1 atom stereocenters. The fourth-order valence-electron chi connectivity index (χ4n) is 4.11. The smallest absolute Gasteiger partial charge is 0.434 e. The Hall–Kier alpha value is -3.64. The van der Waals surface area contributed by atoms with Crippen LogP contribution in [0.1, 0.15) is 28.3 Å². The quantitative estimate of drug-likeness (QED) is 0.476. The predicted octanol–water partition coefficient (Wildman–Crippen LogP) is 4.43. The number of hydrogen-bond donors (Lipinski definition) is 2. The molecule has 6 nitrogen and oxygen atoms in total. The second-order valence-corrected chi connectivity index (χ2v) is 8.20. The fourth-order valence-corrected chi connectivity index (χ4v) is 4.11. The number of para-hydroxylation sites is 2. The van der Waals surface area contributed by atoms with Crippen molar-refractivity contribution in [3.63, 3.8) is 0 Å². The zero-order valence-electron chi connectivity index (χ0n) is 18.4. The lowest BCUT2D eigenvalue weighted by molar-refractivity contribution is 0.204. The Balaban J connectivity index is 1.89. The second-order valence-electron chi connectivity index (χ2n) is 8.20. The maximum absolute atomic E-state index is 11.7. The molecule has 6 heteroatoms. The molecule has 0 aliphatic heterocycles. The van der Waals surface area contributed by atoms with Gasteiger partial charge in [-0.1, -0.05) is 71.8 Å². The number of carbonyl (C=O) groups is 1. The lowest BCUT2D eigenvalue weighted by Gasteiger charge is -2.18. The molecule has 3 aromatic carbocycles. The summed E-state index contributed by atoms with van der Waals surface area (Å²) in [6, 6.07) is 24.4. The van der Waals surface area contributed by atoms with E-state index in [9.17, 15) is 9.90 Å². The summed E-state index contributed by atoms with van der Waals surface area (Å²) in [5.74, 6) is 0. The average Bonchev–Trinajstić information content (AvgIpc) is 3.07. The number of fused-ring (bicyclic) bond motifs is 1. The van der Waals surface area contributed by atoms with Gasteiger partial charge in [-0.2, -0.15) is 0 Å². The first-order valence-corrected chi connectivity index (χ1v) is 10.7. The first-order chi connectivity index (χ1) is 15.5. The van der Waals surface area contributed by atoms with Crippen molar-refractivity contribution >= 4 is 17.1 Å². The van der Waals surface area contributed by atoms with Crippen molar-refractivity contribution in [1.82, 2.24) is 9.13 Å². The van der Waals surface area contributed by atoms with E-state index in [0.29, 0.717) is 25.1 Å². The SMILES string of the molecule is Cc1ccc(C[C@@H](CN)n2c(=NC(=O)O)n(Cc3ccc(C)cc3)c3ccccc32)cc1. The molecule has 3 N–H and O–H groups in total. The standard InChI is InChI=1S/C26H28N4O2/c1-18-7-11-20(12-8-18)15-22(16-27)30-24-6-4-3-5-23(24)29(25(30)28-26(31)32)17-21-13-9-19(2)10-14-21/h3-14,22H,15-17,27H2,1-2H3,(H,31,32)/t22-/m0/s1. The summed E-state index contributed by atoms with van der Waals surface area (Å²) in [6.07, 6.45) is -0.542. The summed E-state index contributed by atoms with van der Waals surface area (Å²) in [5.41, 5.74) is 13.1. The maximum Gasteiger partial charge on any atom is 0.434 e. The van der Waals surface area contributed by atoms with Gasteiger partial charge in [-0.25, -0.2) is 4.79 Å². The maximum atomic E-state index is 11.7. The second kappa shape index (κ2) is 9.24. The van der Waals surface area contributed by atoms with Crippen LogP contribution in [0.15, 0.2) is 77.8 Å². The van der Waals surface area contributed by atoms with Gasteiger partial charge >= 0.3 is 6.09 Å². The lowest BCUT2D eigenvalue weighted by atomic mass is 10.0. The predicted molar refractivity (Wildman–Crippen MR) is 127 cm³/mol. The van der Waals surface area contributed by atoms with Crippen LogP contribution in [0, 0.1) is 13.8 Å². The highest BCUT2D eigenvalue weighted by molar-refractivity contribution is 5.77. The highest BCUT2D eigenvalue weighted by Crippen LogP contribution is 2.21. The number of benzene rings is 3. The monoisotopic (exact) mass is 428 g/mol. The molecule has 0 saturated heterocycles. The Bertz CT molecular complexity index is 1300. The van der Waals surface area contributed by atoms with Gasteiger partial charge in [-0.15, -0.1) is 4.99 Å². The first kappa shape index (κ1) is 21.6. The minimum absolute atomic E-state index is 0.139. The molecule has 0 bridgehead atoms. The topological polar surface area (TPSA) is 85.5 Å². The van der Waals surface area contributed by atoms with E-state index in [4.69, 9.17) is 5.73 Å². The number of carboxylic acid groups (broad SMARTS) is 1. The van der Waals surface area contributed by atoms with Crippen LogP contribution in [0.2, 0.25) is 0 Å². The third kappa shape index (κ3) is 4.50. The summed E-state index contributed by atoms with van der Waals surface area (Å²) in [5, 5.41) is 9.59. The van der Waals surface area contributed by atoms with Crippen molar-refractivity contribution in [3.05, 3.63) is 101 Å². The summed E-state index contributed by atoms with van der Waals surface area (Å²) < 4.78 is 3.95. The molecule has 0 aliphatic rings. The Kier molecular flexibility index (Phi) is 6.23. The molecule has 1 amide bonds. The van der Waals surface area contributed by atoms with E-state index >= 15 is 0 Å². The van der Waals surface area contributed by atoms with Crippen LogP contribution >= 0.6 is 0 Å². The Labute approximate surface area is 187 Å². The molecule has 0 spiro atoms. The molecule has 0 aliphatic carbocycles. The fraction of sp³-hybridized carbons (Fsp3) is 0.231. The molecule has 32 heavy (non-hydrogen) atoms. The highest BCUT2D eigenvalue weighted by Gasteiger charge is 2.20. The number of rotatable bonds is 6. The van der Waals surface area contributed by atoms with Crippen molar-refractivity contribution in [2.24, 2.45) is 10.7 Å². The summed E-state index contributed by atoms with van der Waals surface area (Å²) in [6.45, 7) is 4.98. The van der Waals surface area contributed by atoms with E-state index in [0.717, 1.165) is 22.2 Å². The van der Waals surface area contributed by atoms with Gasteiger partial charge in [0.1, 0.15) is 0 Å². The van der Waals surface area contributed by atoms with Crippen LogP contribution in [0.3, 0.4) is 0 Å². The van der Waals surface area contributed by atoms with Crippen LogP contribution in [0.5, 0.6) is 0 Å². The number of imidazole rings is 1. The number of nitrogens with two attached hydrogens (primary N) is 1. The van der Waals surface area contributed by atoms with Crippen LogP contribution in [-0.4, -0.2) is 26.9 Å². The molecule has 4 rings (SSSR count). The normalized spacial score (nSPS) is 12.9. The molecule has 1 aromatic heterocycles. The van der Waals surface area contributed by atoms with E-state index in [1.54, 1.807) is 0 Å². The number of nitrogens with zero attached hydrogens (tertiary/aromatic N) is 3. The van der Waals surface area contributed by atoms with Crippen LogP contribution in [0.4, 0.5) is 4.79 Å². The zero-order chi connectivity index (χ0) is 22.7. The number of aromatic nitrogens is 2. The molecule has 0 radical (unpaired) electrons. The van der Waals surface area contributed by atoms with Crippen molar-refractivity contribution in [1.29, 1.82) is 0 Å². The van der Waals surface area contributed by atoms with E-state index in [-0.39, 0.29) is 6.04 Å². The van der Waals surface area contributed by atoms with Crippen LogP contribution in [0.25, 0.3) is 11.0 Å². The minimum atomic E-state index is -1.22. The lowest BCUT2D eigenvalue weighted by Crippen LogP contribution is -2.34. The molecular formula is C26H28N4O2. The van der Waals surface area contributed by atoms with Gasteiger partial charge in [0, 0.05) is 6.54 Å². The molecule has 0 fully saturated rings. The van der Waals surface area contributed by atoms with E-state index in [2.05, 4.69) is 60.4 Å². The van der Waals surface area contributed by atoms with Gasteiger partial charge in [0.25, 0.3) is 0 Å². The Morgan fingerprint density at radius 3 is 2.03 bits per heavy atom. The van der Waals surface area contributed by atoms with Gasteiger partial charge in [0.2, 0.25) is 5.62 Å². The summed E-state index contributed by atoms with van der Waals surface area (Å²) >= 11 is 0. The van der Waals surface area contributed by atoms with E-state index < -0.39 is 6.09 Å². The molecule has 0 unspecified atom stereocenters. The number of hydrogen-bond acceptors (Lipinski definition) is 2. The van der Waals surface area contributed by atoms with Gasteiger partial charge in [-0.3, -0.25) is 0 Å². The van der Waals surface area contributed by atoms with Gasteiger partial charge in [0.15, 0.2) is 0 Å². The average molecular weight is 429 g/mol. The zero-order valence-corrected chi connectivity index (χ0v) is 18.4. The van der Waals surface area contributed by atoms with Gasteiger partial charge in [0.05, 0.1) is 23.6 Å². The molecule has 1 heterocycles.